The van der Waals surface area contributed by atoms with Crippen molar-refractivity contribution in [2.24, 2.45) is 0 Å². The highest BCUT2D eigenvalue weighted by Gasteiger charge is 2.31. The van der Waals surface area contributed by atoms with Gasteiger partial charge in [-0.2, -0.15) is 4.37 Å². The summed E-state index contributed by atoms with van der Waals surface area (Å²) >= 11 is 1.33. The van der Waals surface area contributed by atoms with Gasteiger partial charge in [0.2, 0.25) is 5.13 Å². The van der Waals surface area contributed by atoms with E-state index in [0.29, 0.717) is 6.61 Å². The predicted molar refractivity (Wildman–Crippen MR) is 61.5 cm³/mol. The topological polar surface area (TPSA) is 55.3 Å². The number of carbonyl (C=O) groups is 1. The third-order valence-electron chi connectivity index (χ3n) is 2.66. The van der Waals surface area contributed by atoms with Crippen molar-refractivity contribution in [1.29, 1.82) is 0 Å². The summed E-state index contributed by atoms with van der Waals surface area (Å²) in [5.74, 6) is -0.141. The van der Waals surface area contributed by atoms with Gasteiger partial charge in [0.1, 0.15) is 12.4 Å². The van der Waals surface area contributed by atoms with Crippen LogP contribution in [0.25, 0.3) is 0 Å². The quantitative estimate of drug-likeness (QED) is 0.750. The van der Waals surface area contributed by atoms with Gasteiger partial charge in [-0.05, 0) is 26.2 Å². The van der Waals surface area contributed by atoms with Crippen molar-refractivity contribution < 1.29 is 9.53 Å². The molecule has 0 bridgehead atoms. The van der Waals surface area contributed by atoms with Crippen LogP contribution in [0.15, 0.2) is 6.33 Å². The van der Waals surface area contributed by atoms with Gasteiger partial charge >= 0.3 is 5.97 Å². The molecular weight excluding hydrogens is 226 g/mol. The van der Waals surface area contributed by atoms with Gasteiger partial charge in [-0.15, -0.1) is 0 Å². The van der Waals surface area contributed by atoms with Crippen LogP contribution in [0, 0.1) is 0 Å². The van der Waals surface area contributed by atoms with Gasteiger partial charge in [-0.3, -0.25) is 0 Å². The van der Waals surface area contributed by atoms with Crippen LogP contribution in [0.2, 0.25) is 0 Å². The standard InChI is InChI=1S/C10H15N3O2S/c1-2-15-9(14)8-5-3-4-6-13(8)10-11-7-12-16-10/h7-8H,2-6H2,1H3. The van der Waals surface area contributed by atoms with Crippen molar-refractivity contribution in [2.45, 2.75) is 32.2 Å². The minimum atomic E-state index is -0.179. The van der Waals surface area contributed by atoms with Crippen molar-refractivity contribution in [2.75, 3.05) is 18.1 Å². The number of carbonyl (C=O) groups excluding carboxylic acids is 1. The zero-order valence-electron chi connectivity index (χ0n) is 9.26. The summed E-state index contributed by atoms with van der Waals surface area (Å²) in [6.07, 6.45) is 4.53. The first-order chi connectivity index (χ1) is 7.83. The molecule has 0 aromatic carbocycles. The summed E-state index contributed by atoms with van der Waals surface area (Å²) < 4.78 is 9.06. The zero-order chi connectivity index (χ0) is 11.4. The van der Waals surface area contributed by atoms with Crippen LogP contribution in [-0.4, -0.2) is 34.5 Å². The molecule has 5 nitrogen and oxygen atoms in total. The summed E-state index contributed by atoms with van der Waals surface area (Å²) in [6, 6.07) is -0.179. The number of aromatic nitrogens is 2. The van der Waals surface area contributed by atoms with E-state index in [1.54, 1.807) is 0 Å². The molecule has 0 spiro atoms. The van der Waals surface area contributed by atoms with Crippen LogP contribution in [0.4, 0.5) is 5.13 Å². The number of esters is 1. The van der Waals surface area contributed by atoms with E-state index in [1.807, 2.05) is 11.8 Å². The first kappa shape index (κ1) is 11.3. The van der Waals surface area contributed by atoms with E-state index in [4.69, 9.17) is 4.74 Å². The molecule has 1 unspecified atom stereocenters. The Morgan fingerprint density at radius 2 is 2.56 bits per heavy atom. The third-order valence-corrected chi connectivity index (χ3v) is 3.36. The van der Waals surface area contributed by atoms with Crippen LogP contribution in [0.1, 0.15) is 26.2 Å². The molecule has 0 aliphatic carbocycles. The fourth-order valence-corrected chi connectivity index (χ4v) is 2.54. The highest BCUT2D eigenvalue weighted by molar-refractivity contribution is 7.09. The van der Waals surface area contributed by atoms with Crippen molar-refractivity contribution in [3.05, 3.63) is 6.33 Å². The Kier molecular flexibility index (Phi) is 3.71. The first-order valence-corrected chi connectivity index (χ1v) is 6.30. The highest BCUT2D eigenvalue weighted by Crippen LogP contribution is 2.25. The average Bonchev–Trinajstić information content (AvgIpc) is 2.83. The Balaban J connectivity index is 2.11. The van der Waals surface area contributed by atoms with Crippen molar-refractivity contribution >= 4 is 22.6 Å². The molecule has 16 heavy (non-hydrogen) atoms. The summed E-state index contributed by atoms with van der Waals surface area (Å²) in [7, 11) is 0. The lowest BCUT2D eigenvalue weighted by molar-refractivity contribution is -0.145. The maximum absolute atomic E-state index is 11.8. The minimum absolute atomic E-state index is 0.141. The molecule has 1 saturated heterocycles. The predicted octanol–water partition coefficient (Wildman–Crippen LogP) is 1.46. The minimum Gasteiger partial charge on any atom is -0.464 e. The van der Waals surface area contributed by atoms with Crippen LogP contribution >= 0.6 is 11.5 Å². The maximum atomic E-state index is 11.8. The maximum Gasteiger partial charge on any atom is 0.328 e. The number of hydrogen-bond acceptors (Lipinski definition) is 6. The molecule has 1 aliphatic heterocycles. The van der Waals surface area contributed by atoms with E-state index in [1.165, 1.54) is 17.9 Å². The molecule has 1 aromatic rings. The molecule has 0 amide bonds. The second-order valence-corrected chi connectivity index (χ2v) is 4.44. The van der Waals surface area contributed by atoms with E-state index >= 15 is 0 Å². The van der Waals surface area contributed by atoms with E-state index in [2.05, 4.69) is 9.36 Å². The van der Waals surface area contributed by atoms with Gasteiger partial charge in [-0.1, -0.05) is 0 Å². The summed E-state index contributed by atoms with van der Waals surface area (Å²) in [4.78, 5) is 18.0. The summed E-state index contributed by atoms with van der Waals surface area (Å²) in [5, 5.41) is 0.817. The number of rotatable bonds is 3. The number of nitrogens with zero attached hydrogens (tertiary/aromatic N) is 3. The Bertz CT molecular complexity index is 342. The monoisotopic (exact) mass is 241 g/mol. The Hall–Kier alpha value is -1.17. The number of anilines is 1. The summed E-state index contributed by atoms with van der Waals surface area (Å²) in [5.41, 5.74) is 0. The molecule has 1 aliphatic rings. The number of hydrogen-bond donors (Lipinski definition) is 0. The lowest BCUT2D eigenvalue weighted by Gasteiger charge is -2.33. The third kappa shape index (κ3) is 2.32. The summed E-state index contributed by atoms with van der Waals surface area (Å²) in [6.45, 7) is 3.12. The van der Waals surface area contributed by atoms with Crippen molar-refractivity contribution in [3.63, 3.8) is 0 Å². The molecule has 2 rings (SSSR count). The fourth-order valence-electron chi connectivity index (χ4n) is 1.94. The van der Waals surface area contributed by atoms with Crippen LogP contribution in [0.5, 0.6) is 0 Å². The van der Waals surface area contributed by atoms with E-state index in [9.17, 15) is 4.79 Å². The molecule has 1 aromatic heterocycles. The highest BCUT2D eigenvalue weighted by atomic mass is 32.1. The average molecular weight is 241 g/mol. The molecule has 0 radical (unpaired) electrons. The molecule has 0 saturated carbocycles. The van der Waals surface area contributed by atoms with Gasteiger partial charge in [-0.25, -0.2) is 9.78 Å². The van der Waals surface area contributed by atoms with Crippen LogP contribution in [0.3, 0.4) is 0 Å². The molecule has 2 heterocycles. The smallest absolute Gasteiger partial charge is 0.328 e. The van der Waals surface area contributed by atoms with E-state index in [0.717, 1.165) is 30.9 Å². The van der Waals surface area contributed by atoms with Gasteiger partial charge in [0, 0.05) is 18.1 Å². The zero-order valence-corrected chi connectivity index (χ0v) is 10.1. The number of piperidine rings is 1. The molecule has 6 heteroatoms. The Morgan fingerprint density at radius 1 is 1.69 bits per heavy atom. The Morgan fingerprint density at radius 3 is 3.25 bits per heavy atom. The SMILES string of the molecule is CCOC(=O)C1CCCCN1c1ncns1. The van der Waals surface area contributed by atoms with Gasteiger partial charge in [0.05, 0.1) is 6.61 Å². The van der Waals surface area contributed by atoms with Crippen molar-refractivity contribution in [3.8, 4) is 0 Å². The first-order valence-electron chi connectivity index (χ1n) is 5.53. The van der Waals surface area contributed by atoms with Gasteiger partial charge < -0.3 is 9.64 Å². The normalized spacial score (nSPS) is 20.8. The second kappa shape index (κ2) is 5.25. The van der Waals surface area contributed by atoms with Gasteiger partial charge in [0.15, 0.2) is 0 Å². The lowest BCUT2D eigenvalue weighted by atomic mass is 10.0. The van der Waals surface area contributed by atoms with E-state index in [-0.39, 0.29) is 12.0 Å². The van der Waals surface area contributed by atoms with Crippen LogP contribution in [-0.2, 0) is 9.53 Å². The molecule has 1 fully saturated rings. The molecule has 0 N–H and O–H groups in total. The van der Waals surface area contributed by atoms with Crippen molar-refractivity contribution in [1.82, 2.24) is 9.36 Å². The molecule has 1 atom stereocenters. The Labute approximate surface area is 98.6 Å². The number of ether oxygens (including phenoxy) is 1. The second-order valence-electron chi connectivity index (χ2n) is 3.68. The lowest BCUT2D eigenvalue weighted by Crippen LogP contribution is -2.45. The van der Waals surface area contributed by atoms with Crippen LogP contribution < -0.4 is 4.90 Å². The largest absolute Gasteiger partial charge is 0.464 e. The fraction of sp³-hybridized carbons (Fsp3) is 0.700. The van der Waals surface area contributed by atoms with E-state index < -0.39 is 0 Å². The van der Waals surface area contributed by atoms with Gasteiger partial charge in [0.25, 0.3) is 0 Å². The molecule has 88 valence electrons. The molecular formula is C10H15N3O2S.